The maximum absolute atomic E-state index is 6.15. The highest BCUT2D eigenvalue weighted by molar-refractivity contribution is 7.98. The number of piperazine rings is 1. The first-order valence-electron chi connectivity index (χ1n) is 9.47. The third kappa shape index (κ3) is 5.65. The minimum absolute atomic E-state index is 0.326. The molecule has 2 heterocycles. The lowest BCUT2D eigenvalue weighted by atomic mass is 10.1. The second-order valence-corrected chi connectivity index (χ2v) is 8.38. The fourth-order valence-corrected chi connectivity index (χ4v) is 4.27. The largest absolute Gasteiger partial charge is 0.361 e. The van der Waals surface area contributed by atoms with Crippen LogP contribution in [0.25, 0.3) is 0 Å². The van der Waals surface area contributed by atoms with Crippen molar-refractivity contribution in [2.45, 2.75) is 18.7 Å². The molecule has 1 saturated heterocycles. The summed E-state index contributed by atoms with van der Waals surface area (Å²) in [5, 5.41) is 8.74. The zero-order chi connectivity index (χ0) is 19.9. The zero-order valence-corrected chi connectivity index (χ0v) is 18.3. The van der Waals surface area contributed by atoms with Gasteiger partial charge in [0, 0.05) is 62.7 Å². The molecule has 1 aromatic carbocycles. The van der Waals surface area contributed by atoms with Gasteiger partial charge in [-0.15, -0.1) is 0 Å². The van der Waals surface area contributed by atoms with Crippen molar-refractivity contribution in [3.63, 3.8) is 0 Å². The van der Waals surface area contributed by atoms with E-state index >= 15 is 0 Å². The summed E-state index contributed by atoms with van der Waals surface area (Å²) in [4.78, 5) is 9.21. The molecular formula is C20H28ClN5OS. The third-order valence-electron chi connectivity index (χ3n) is 4.90. The molecule has 8 heteroatoms. The maximum Gasteiger partial charge on any atom is 0.193 e. The predicted octanol–water partition coefficient (Wildman–Crippen LogP) is 3.43. The number of nitrogens with zero attached hydrogens (tertiary/aromatic N) is 4. The third-order valence-corrected chi connectivity index (χ3v) is 6.14. The molecule has 3 rings (SSSR count). The van der Waals surface area contributed by atoms with Gasteiger partial charge in [0.2, 0.25) is 0 Å². The summed E-state index contributed by atoms with van der Waals surface area (Å²) in [6, 6.07) is 10.1. The molecule has 28 heavy (non-hydrogen) atoms. The minimum atomic E-state index is 0.326. The van der Waals surface area contributed by atoms with Gasteiger partial charge >= 0.3 is 0 Å². The van der Waals surface area contributed by atoms with Crippen molar-refractivity contribution >= 4 is 29.3 Å². The predicted molar refractivity (Wildman–Crippen MR) is 117 cm³/mol. The number of aryl methyl sites for hydroxylation is 1. The first kappa shape index (κ1) is 21.0. The van der Waals surface area contributed by atoms with E-state index < -0.39 is 0 Å². The summed E-state index contributed by atoms with van der Waals surface area (Å²) in [7, 11) is 1.85. The Balaban J connectivity index is 1.50. The standard InChI is InChI=1S/C20H28ClN5OS/c1-15-11-18(24-27-15)14-25-7-9-26(10-8-25)20(22-2)23-13-19(28-3)16-5-4-6-17(21)12-16/h4-6,11-12,19H,7-10,13-14H2,1-3H3,(H,22,23). The quantitative estimate of drug-likeness (QED) is 0.569. The van der Waals surface area contributed by atoms with E-state index in [1.54, 1.807) is 0 Å². The number of guanidine groups is 1. The van der Waals surface area contributed by atoms with E-state index in [0.717, 1.165) is 61.7 Å². The second-order valence-electron chi connectivity index (χ2n) is 6.90. The molecule has 2 aromatic rings. The van der Waals surface area contributed by atoms with Crippen LogP contribution >= 0.6 is 23.4 Å². The summed E-state index contributed by atoms with van der Waals surface area (Å²) in [5.74, 6) is 1.82. The number of hydrogen-bond acceptors (Lipinski definition) is 5. The Morgan fingerprint density at radius 3 is 2.71 bits per heavy atom. The van der Waals surface area contributed by atoms with Gasteiger partial charge in [-0.3, -0.25) is 9.89 Å². The van der Waals surface area contributed by atoms with Crippen LogP contribution in [-0.2, 0) is 6.54 Å². The number of halogens is 1. The number of thioether (sulfide) groups is 1. The van der Waals surface area contributed by atoms with Crippen molar-refractivity contribution in [1.82, 2.24) is 20.3 Å². The average Bonchev–Trinajstić information content (AvgIpc) is 3.11. The summed E-state index contributed by atoms with van der Waals surface area (Å²) in [6.07, 6.45) is 2.13. The average molecular weight is 422 g/mol. The van der Waals surface area contributed by atoms with E-state index in [4.69, 9.17) is 16.1 Å². The van der Waals surface area contributed by atoms with E-state index in [1.807, 2.05) is 50.0 Å². The van der Waals surface area contributed by atoms with Crippen LogP contribution in [0.2, 0.25) is 5.02 Å². The van der Waals surface area contributed by atoms with Gasteiger partial charge in [0.1, 0.15) is 5.76 Å². The summed E-state index contributed by atoms with van der Waals surface area (Å²) in [5.41, 5.74) is 2.23. The molecular weight excluding hydrogens is 394 g/mol. The van der Waals surface area contributed by atoms with Crippen molar-refractivity contribution in [1.29, 1.82) is 0 Å². The first-order valence-corrected chi connectivity index (χ1v) is 11.1. The van der Waals surface area contributed by atoms with Gasteiger partial charge in [0.25, 0.3) is 0 Å². The van der Waals surface area contributed by atoms with Crippen LogP contribution in [0, 0.1) is 6.92 Å². The highest BCUT2D eigenvalue weighted by Gasteiger charge is 2.21. The first-order chi connectivity index (χ1) is 13.6. The molecule has 1 fully saturated rings. The van der Waals surface area contributed by atoms with Crippen molar-refractivity contribution in [2.75, 3.05) is 46.0 Å². The highest BCUT2D eigenvalue weighted by Crippen LogP contribution is 2.27. The van der Waals surface area contributed by atoms with Crippen molar-refractivity contribution in [3.8, 4) is 0 Å². The summed E-state index contributed by atoms with van der Waals surface area (Å²) >= 11 is 7.97. The zero-order valence-electron chi connectivity index (χ0n) is 16.7. The molecule has 1 N–H and O–H groups in total. The molecule has 0 aliphatic carbocycles. The molecule has 152 valence electrons. The van der Waals surface area contributed by atoms with Crippen LogP contribution in [0.5, 0.6) is 0 Å². The molecule has 1 aliphatic heterocycles. The Morgan fingerprint density at radius 2 is 2.11 bits per heavy atom. The number of aromatic nitrogens is 1. The minimum Gasteiger partial charge on any atom is -0.361 e. The van der Waals surface area contributed by atoms with Crippen LogP contribution in [0.3, 0.4) is 0 Å². The van der Waals surface area contributed by atoms with E-state index in [1.165, 1.54) is 5.56 Å². The van der Waals surface area contributed by atoms with E-state index in [-0.39, 0.29) is 0 Å². The van der Waals surface area contributed by atoms with Gasteiger partial charge in [-0.2, -0.15) is 11.8 Å². The molecule has 0 saturated carbocycles. The molecule has 1 aliphatic rings. The lowest BCUT2D eigenvalue weighted by Gasteiger charge is -2.36. The van der Waals surface area contributed by atoms with Crippen LogP contribution < -0.4 is 5.32 Å². The SMILES string of the molecule is CN=C(NCC(SC)c1cccc(Cl)c1)N1CCN(Cc2cc(C)on2)CC1. The van der Waals surface area contributed by atoms with Gasteiger partial charge in [-0.05, 0) is 30.9 Å². The fraction of sp³-hybridized carbons (Fsp3) is 0.500. The van der Waals surface area contributed by atoms with Gasteiger partial charge < -0.3 is 14.7 Å². The lowest BCUT2D eigenvalue weighted by molar-refractivity contribution is 0.169. The number of nitrogens with one attached hydrogen (secondary N) is 1. The molecule has 0 amide bonds. The van der Waals surface area contributed by atoms with E-state index in [2.05, 4.69) is 37.6 Å². The maximum atomic E-state index is 6.15. The fourth-order valence-electron chi connectivity index (χ4n) is 3.40. The van der Waals surface area contributed by atoms with Gasteiger partial charge in [0.15, 0.2) is 5.96 Å². The monoisotopic (exact) mass is 421 g/mol. The molecule has 1 unspecified atom stereocenters. The number of rotatable bonds is 6. The summed E-state index contributed by atoms with van der Waals surface area (Å²) < 4.78 is 5.17. The second kappa shape index (κ2) is 10.2. The molecule has 0 spiro atoms. The molecule has 6 nitrogen and oxygen atoms in total. The van der Waals surface area contributed by atoms with Crippen molar-refractivity contribution in [2.24, 2.45) is 4.99 Å². The molecule has 0 radical (unpaired) electrons. The molecule has 1 atom stereocenters. The van der Waals surface area contributed by atoms with E-state index in [0.29, 0.717) is 5.25 Å². The van der Waals surface area contributed by atoms with E-state index in [9.17, 15) is 0 Å². The summed E-state index contributed by atoms with van der Waals surface area (Å²) in [6.45, 7) is 7.41. The number of aliphatic imine (C=N–C) groups is 1. The molecule has 1 aromatic heterocycles. The van der Waals surface area contributed by atoms with Crippen LogP contribution in [-0.4, -0.2) is 66.9 Å². The number of benzene rings is 1. The molecule has 0 bridgehead atoms. The highest BCUT2D eigenvalue weighted by atomic mass is 35.5. The Hall–Kier alpha value is -1.70. The Morgan fingerprint density at radius 1 is 1.32 bits per heavy atom. The van der Waals surface area contributed by atoms with Crippen molar-refractivity contribution in [3.05, 3.63) is 52.4 Å². The normalized spacial score (nSPS) is 17.0. The smallest absolute Gasteiger partial charge is 0.193 e. The Kier molecular flexibility index (Phi) is 7.65. The topological polar surface area (TPSA) is 56.9 Å². The van der Waals surface area contributed by atoms with Crippen LogP contribution in [0.15, 0.2) is 39.8 Å². The van der Waals surface area contributed by atoms with Crippen LogP contribution in [0.4, 0.5) is 0 Å². The van der Waals surface area contributed by atoms with Gasteiger partial charge in [0.05, 0.1) is 5.69 Å². The number of hydrogen-bond donors (Lipinski definition) is 1. The van der Waals surface area contributed by atoms with Crippen molar-refractivity contribution < 1.29 is 4.52 Å². The van der Waals surface area contributed by atoms with Gasteiger partial charge in [-0.1, -0.05) is 28.9 Å². The van der Waals surface area contributed by atoms with Crippen LogP contribution in [0.1, 0.15) is 22.3 Å². The Bertz CT molecular complexity index is 788. The lowest BCUT2D eigenvalue weighted by Crippen LogP contribution is -2.52. The Labute approximate surface area is 176 Å². The van der Waals surface area contributed by atoms with Gasteiger partial charge in [-0.25, -0.2) is 0 Å².